The van der Waals surface area contributed by atoms with E-state index in [-0.39, 0.29) is 6.54 Å². The minimum Gasteiger partial charge on any atom is -0.329 e. The van der Waals surface area contributed by atoms with Gasteiger partial charge in [0.25, 0.3) is 0 Å². The molecule has 1 aliphatic heterocycles. The van der Waals surface area contributed by atoms with Gasteiger partial charge in [-0.1, -0.05) is 30.3 Å². The van der Waals surface area contributed by atoms with Crippen molar-refractivity contribution in [2.75, 3.05) is 26.2 Å². The highest BCUT2D eigenvalue weighted by atomic mass is 19.4. The van der Waals surface area contributed by atoms with Gasteiger partial charge in [0, 0.05) is 0 Å². The summed E-state index contributed by atoms with van der Waals surface area (Å²) in [5, 5.41) is 3.52. The molecule has 0 aliphatic carbocycles. The van der Waals surface area contributed by atoms with Crippen molar-refractivity contribution in [3.63, 3.8) is 0 Å². The lowest BCUT2D eigenvalue weighted by Crippen LogP contribution is -2.47. The van der Waals surface area contributed by atoms with Crippen molar-refractivity contribution in [2.24, 2.45) is 0 Å². The molecule has 2 rings (SSSR count). The molecule has 3 amide bonds. The zero-order valence-electron chi connectivity index (χ0n) is 13.1. The van der Waals surface area contributed by atoms with Gasteiger partial charge in [-0.2, -0.15) is 13.2 Å². The van der Waals surface area contributed by atoms with Gasteiger partial charge in [-0.3, -0.25) is 15.0 Å². The zero-order valence-corrected chi connectivity index (χ0v) is 13.1. The minimum absolute atomic E-state index is 0.000940. The smallest absolute Gasteiger partial charge is 0.329 e. The lowest BCUT2D eigenvalue weighted by Gasteiger charge is -2.31. The average Bonchev–Trinajstić information content (AvgIpc) is 2.54. The monoisotopic (exact) mass is 343 g/mol. The van der Waals surface area contributed by atoms with Crippen LogP contribution < -0.4 is 10.6 Å². The molecule has 1 saturated heterocycles. The summed E-state index contributed by atoms with van der Waals surface area (Å²) in [7, 11) is 0. The highest BCUT2D eigenvalue weighted by molar-refractivity contribution is 5.95. The Morgan fingerprint density at radius 1 is 1.12 bits per heavy atom. The fourth-order valence-electron chi connectivity index (χ4n) is 2.74. The number of hydrogen-bond donors (Lipinski definition) is 2. The van der Waals surface area contributed by atoms with Gasteiger partial charge in [0.1, 0.15) is 6.54 Å². The molecule has 0 saturated carbocycles. The van der Waals surface area contributed by atoms with E-state index in [1.165, 1.54) is 5.56 Å². The van der Waals surface area contributed by atoms with Crippen LogP contribution in [0.3, 0.4) is 0 Å². The summed E-state index contributed by atoms with van der Waals surface area (Å²) in [5.41, 5.74) is 1.27. The Hall–Kier alpha value is -2.09. The Morgan fingerprint density at radius 2 is 1.75 bits per heavy atom. The van der Waals surface area contributed by atoms with Crippen LogP contribution in [0.1, 0.15) is 24.3 Å². The minimum atomic E-state index is -4.50. The number of halogens is 3. The van der Waals surface area contributed by atoms with Crippen molar-refractivity contribution in [2.45, 2.75) is 24.9 Å². The Balaban J connectivity index is 1.69. The molecule has 0 aromatic heterocycles. The van der Waals surface area contributed by atoms with Gasteiger partial charge < -0.3 is 5.32 Å². The Bertz CT molecular complexity index is 555. The summed E-state index contributed by atoms with van der Waals surface area (Å²) in [5.74, 6) is -0.159. The lowest BCUT2D eigenvalue weighted by atomic mass is 9.89. The van der Waals surface area contributed by atoms with Gasteiger partial charge in [-0.25, -0.2) is 4.79 Å². The Kier molecular flexibility index (Phi) is 6.19. The molecule has 5 nitrogen and oxygen atoms in total. The first-order chi connectivity index (χ1) is 11.3. The largest absolute Gasteiger partial charge is 0.405 e. The van der Waals surface area contributed by atoms with Gasteiger partial charge in [0.15, 0.2) is 0 Å². The number of likely N-dealkylation sites (tertiary alicyclic amines) is 1. The van der Waals surface area contributed by atoms with E-state index in [0.29, 0.717) is 19.0 Å². The molecule has 132 valence electrons. The van der Waals surface area contributed by atoms with Crippen LogP contribution in [0.4, 0.5) is 18.0 Å². The molecule has 8 heteroatoms. The van der Waals surface area contributed by atoms with Gasteiger partial charge >= 0.3 is 12.2 Å². The van der Waals surface area contributed by atoms with Crippen molar-refractivity contribution in [1.29, 1.82) is 0 Å². The van der Waals surface area contributed by atoms with Crippen molar-refractivity contribution in [1.82, 2.24) is 15.5 Å². The highest BCUT2D eigenvalue weighted by Gasteiger charge is 2.28. The number of alkyl halides is 3. The van der Waals surface area contributed by atoms with E-state index in [0.717, 1.165) is 12.8 Å². The quantitative estimate of drug-likeness (QED) is 0.882. The van der Waals surface area contributed by atoms with E-state index in [2.05, 4.69) is 12.1 Å². The first kappa shape index (κ1) is 18.3. The summed E-state index contributed by atoms with van der Waals surface area (Å²) in [6.45, 7) is -0.0518. The third kappa shape index (κ3) is 6.19. The van der Waals surface area contributed by atoms with Crippen molar-refractivity contribution < 1.29 is 22.8 Å². The lowest BCUT2D eigenvalue weighted by molar-refractivity contribution is -0.125. The SMILES string of the molecule is O=C(CN1CCC(c2ccccc2)CC1)NC(=O)NCC(F)(F)F. The predicted octanol–water partition coefficient (Wildman–Crippen LogP) is 2.25. The second kappa shape index (κ2) is 8.14. The normalized spacial score (nSPS) is 16.6. The number of rotatable bonds is 4. The number of imide groups is 1. The van der Waals surface area contributed by atoms with Crippen LogP contribution in [0.2, 0.25) is 0 Å². The maximum atomic E-state index is 12.0. The fraction of sp³-hybridized carbons (Fsp3) is 0.500. The summed E-state index contributed by atoms with van der Waals surface area (Å²) in [4.78, 5) is 24.8. The number of carbonyl (C=O) groups excluding carboxylic acids is 2. The summed E-state index contributed by atoms with van der Waals surface area (Å²) >= 11 is 0. The molecule has 1 fully saturated rings. The van der Waals surface area contributed by atoms with E-state index in [9.17, 15) is 22.8 Å². The highest BCUT2D eigenvalue weighted by Crippen LogP contribution is 2.27. The molecule has 1 aromatic carbocycles. The first-order valence-electron chi connectivity index (χ1n) is 7.75. The number of benzene rings is 1. The van der Waals surface area contributed by atoms with Gasteiger partial charge in [0.05, 0.1) is 6.54 Å². The number of piperidine rings is 1. The molecule has 1 aromatic rings. The number of nitrogens with one attached hydrogen (secondary N) is 2. The molecular weight excluding hydrogens is 323 g/mol. The summed E-state index contributed by atoms with van der Waals surface area (Å²) in [6, 6.07) is 8.99. The molecule has 2 N–H and O–H groups in total. The molecule has 0 atom stereocenters. The van der Waals surface area contributed by atoms with Crippen LogP contribution in [0.15, 0.2) is 30.3 Å². The van der Waals surface area contributed by atoms with E-state index in [1.807, 2.05) is 28.4 Å². The first-order valence-corrected chi connectivity index (χ1v) is 7.75. The van der Waals surface area contributed by atoms with E-state index in [1.54, 1.807) is 5.32 Å². The van der Waals surface area contributed by atoms with Gasteiger partial charge in [-0.05, 0) is 37.4 Å². The van der Waals surface area contributed by atoms with Crippen LogP contribution in [-0.2, 0) is 4.79 Å². The maximum Gasteiger partial charge on any atom is 0.405 e. The number of nitrogens with zero attached hydrogens (tertiary/aromatic N) is 1. The van der Waals surface area contributed by atoms with E-state index in [4.69, 9.17) is 0 Å². The number of amides is 3. The molecule has 1 heterocycles. The predicted molar refractivity (Wildman–Crippen MR) is 82.5 cm³/mol. The van der Waals surface area contributed by atoms with Crippen molar-refractivity contribution in [3.05, 3.63) is 35.9 Å². The second-order valence-electron chi connectivity index (χ2n) is 5.81. The Labute approximate surface area is 138 Å². The molecule has 0 unspecified atom stereocenters. The van der Waals surface area contributed by atoms with Crippen LogP contribution in [0.5, 0.6) is 0 Å². The van der Waals surface area contributed by atoms with Crippen molar-refractivity contribution in [3.8, 4) is 0 Å². The summed E-state index contributed by atoms with van der Waals surface area (Å²) < 4.78 is 35.9. The molecular formula is C16H20F3N3O2. The van der Waals surface area contributed by atoms with Crippen LogP contribution in [-0.4, -0.2) is 49.2 Å². The van der Waals surface area contributed by atoms with Crippen LogP contribution in [0, 0.1) is 0 Å². The molecule has 0 radical (unpaired) electrons. The number of carbonyl (C=O) groups is 2. The molecule has 0 bridgehead atoms. The van der Waals surface area contributed by atoms with Crippen molar-refractivity contribution >= 4 is 11.9 Å². The van der Waals surface area contributed by atoms with Gasteiger partial charge in [-0.15, -0.1) is 0 Å². The fourth-order valence-corrected chi connectivity index (χ4v) is 2.74. The maximum absolute atomic E-state index is 12.0. The topological polar surface area (TPSA) is 61.4 Å². The standard InChI is InChI=1S/C16H20F3N3O2/c17-16(18,19)11-20-15(24)21-14(23)10-22-8-6-13(7-9-22)12-4-2-1-3-5-12/h1-5,13H,6-11H2,(H2,20,21,23,24). The van der Waals surface area contributed by atoms with Gasteiger partial charge in [0.2, 0.25) is 5.91 Å². The van der Waals surface area contributed by atoms with E-state index < -0.39 is 24.7 Å². The Morgan fingerprint density at radius 3 is 2.33 bits per heavy atom. The third-order valence-electron chi connectivity index (χ3n) is 3.93. The zero-order chi connectivity index (χ0) is 17.6. The second-order valence-corrected chi connectivity index (χ2v) is 5.81. The van der Waals surface area contributed by atoms with Crippen LogP contribution in [0.25, 0.3) is 0 Å². The number of urea groups is 1. The molecule has 0 spiro atoms. The third-order valence-corrected chi connectivity index (χ3v) is 3.93. The van der Waals surface area contributed by atoms with E-state index >= 15 is 0 Å². The molecule has 24 heavy (non-hydrogen) atoms. The summed E-state index contributed by atoms with van der Waals surface area (Å²) in [6.07, 6.45) is -2.70. The van der Waals surface area contributed by atoms with Crippen LogP contribution >= 0.6 is 0 Å². The number of hydrogen-bond acceptors (Lipinski definition) is 3. The molecule has 1 aliphatic rings. The average molecular weight is 343 g/mol.